The van der Waals surface area contributed by atoms with E-state index in [1.165, 1.54) is 40.7 Å². The molecule has 2 heterocycles. The van der Waals surface area contributed by atoms with Crippen molar-refractivity contribution in [1.29, 1.82) is 0 Å². The van der Waals surface area contributed by atoms with Gasteiger partial charge in [0.2, 0.25) is 0 Å². The van der Waals surface area contributed by atoms with Crippen LogP contribution in [0.2, 0.25) is 0 Å². The molecule has 0 amide bonds. The topological polar surface area (TPSA) is 19.0 Å². The Morgan fingerprint density at radius 3 is 2.61 bits per heavy atom. The van der Waals surface area contributed by atoms with Gasteiger partial charge in [-0.05, 0) is 56.0 Å². The van der Waals surface area contributed by atoms with Crippen molar-refractivity contribution in [2.24, 2.45) is 0 Å². The monoisotopic (exact) mass is 304 g/mol. The highest BCUT2D eigenvalue weighted by Gasteiger charge is 2.20. The van der Waals surface area contributed by atoms with E-state index in [0.717, 1.165) is 19.4 Å². The van der Waals surface area contributed by atoms with Gasteiger partial charge in [0.05, 0.1) is 0 Å². The molecule has 1 aliphatic rings. The summed E-state index contributed by atoms with van der Waals surface area (Å²) in [5.41, 5.74) is 5.71. The van der Waals surface area contributed by atoms with E-state index < -0.39 is 0 Å². The van der Waals surface area contributed by atoms with Gasteiger partial charge in [-0.1, -0.05) is 48.5 Å². The molecular formula is C21H24N2. The number of fused-ring (bicyclic) bond motifs is 3. The number of para-hydroxylation sites is 1. The molecule has 0 unspecified atom stereocenters. The van der Waals surface area contributed by atoms with E-state index in [1.807, 2.05) is 0 Å². The highest BCUT2D eigenvalue weighted by atomic mass is 15.1. The van der Waals surface area contributed by atoms with Crippen LogP contribution < -0.4 is 0 Å². The number of hydrogen-bond donors (Lipinski definition) is 1. The SMILES string of the molecule is CN1CCc2c([nH]c3ccccc23)C[C@H](c2ccccc2)CC1. The van der Waals surface area contributed by atoms with Gasteiger partial charge in [-0.25, -0.2) is 0 Å². The van der Waals surface area contributed by atoms with Gasteiger partial charge in [-0.15, -0.1) is 0 Å². The van der Waals surface area contributed by atoms with Gasteiger partial charge >= 0.3 is 0 Å². The number of likely N-dealkylation sites (N-methyl/N-ethyl adjacent to an activating group) is 1. The molecule has 2 heteroatoms. The summed E-state index contributed by atoms with van der Waals surface area (Å²) in [7, 11) is 2.25. The zero-order valence-electron chi connectivity index (χ0n) is 13.8. The van der Waals surface area contributed by atoms with Gasteiger partial charge in [-0.3, -0.25) is 0 Å². The predicted molar refractivity (Wildman–Crippen MR) is 97.0 cm³/mol. The van der Waals surface area contributed by atoms with E-state index in [4.69, 9.17) is 0 Å². The number of benzene rings is 2. The molecule has 2 aromatic carbocycles. The zero-order chi connectivity index (χ0) is 15.6. The van der Waals surface area contributed by atoms with Crippen LogP contribution in [-0.4, -0.2) is 30.0 Å². The lowest BCUT2D eigenvalue weighted by Gasteiger charge is -2.20. The highest BCUT2D eigenvalue weighted by Crippen LogP contribution is 2.31. The minimum Gasteiger partial charge on any atom is -0.358 e. The van der Waals surface area contributed by atoms with Crippen molar-refractivity contribution in [3.05, 3.63) is 71.4 Å². The third-order valence-electron chi connectivity index (χ3n) is 5.23. The summed E-state index contributed by atoms with van der Waals surface area (Å²) < 4.78 is 0. The van der Waals surface area contributed by atoms with E-state index in [-0.39, 0.29) is 0 Å². The molecule has 4 rings (SSSR count). The van der Waals surface area contributed by atoms with Gasteiger partial charge in [0.25, 0.3) is 0 Å². The lowest BCUT2D eigenvalue weighted by Crippen LogP contribution is -2.23. The summed E-state index contributed by atoms with van der Waals surface area (Å²) in [4.78, 5) is 6.19. The zero-order valence-corrected chi connectivity index (χ0v) is 13.8. The Morgan fingerprint density at radius 1 is 0.957 bits per heavy atom. The number of nitrogens with one attached hydrogen (secondary N) is 1. The summed E-state index contributed by atoms with van der Waals surface area (Å²) in [5, 5.41) is 1.41. The van der Waals surface area contributed by atoms with Gasteiger partial charge in [0.1, 0.15) is 0 Å². The van der Waals surface area contributed by atoms with Crippen molar-refractivity contribution in [2.75, 3.05) is 20.1 Å². The second-order valence-electron chi connectivity index (χ2n) is 6.78. The molecule has 1 atom stereocenters. The molecule has 2 nitrogen and oxygen atoms in total. The number of hydrogen-bond acceptors (Lipinski definition) is 1. The molecule has 0 spiro atoms. The quantitative estimate of drug-likeness (QED) is 0.707. The molecule has 1 aromatic heterocycles. The average molecular weight is 304 g/mol. The first kappa shape index (κ1) is 14.5. The normalized spacial score (nSPS) is 19.8. The molecule has 0 saturated carbocycles. The van der Waals surface area contributed by atoms with Crippen LogP contribution in [0.4, 0.5) is 0 Å². The second-order valence-corrected chi connectivity index (χ2v) is 6.78. The smallest absolute Gasteiger partial charge is 0.0458 e. The van der Waals surface area contributed by atoms with Gasteiger partial charge in [0.15, 0.2) is 0 Å². The Balaban J connectivity index is 1.77. The second kappa shape index (κ2) is 6.21. The molecular weight excluding hydrogens is 280 g/mol. The minimum absolute atomic E-state index is 0.587. The van der Waals surface area contributed by atoms with Crippen molar-refractivity contribution in [1.82, 2.24) is 9.88 Å². The average Bonchev–Trinajstić information content (AvgIpc) is 2.96. The van der Waals surface area contributed by atoms with Gasteiger partial charge in [0, 0.05) is 23.1 Å². The first-order valence-corrected chi connectivity index (χ1v) is 8.63. The lowest BCUT2D eigenvalue weighted by molar-refractivity contribution is 0.325. The largest absolute Gasteiger partial charge is 0.358 e. The van der Waals surface area contributed by atoms with Crippen molar-refractivity contribution in [3.63, 3.8) is 0 Å². The molecule has 0 fully saturated rings. The van der Waals surface area contributed by atoms with Crippen molar-refractivity contribution < 1.29 is 0 Å². The van der Waals surface area contributed by atoms with Crippen LogP contribution >= 0.6 is 0 Å². The molecule has 0 radical (unpaired) electrons. The van der Waals surface area contributed by atoms with Crippen LogP contribution in [-0.2, 0) is 12.8 Å². The number of H-pyrrole nitrogens is 1. The van der Waals surface area contributed by atoms with Crippen molar-refractivity contribution in [3.8, 4) is 0 Å². The minimum atomic E-state index is 0.587. The van der Waals surface area contributed by atoms with Crippen LogP contribution in [0.1, 0.15) is 29.2 Å². The van der Waals surface area contributed by atoms with E-state index in [2.05, 4.69) is 71.5 Å². The predicted octanol–water partition coefficient (Wildman–Crippen LogP) is 4.37. The summed E-state index contributed by atoms with van der Waals surface area (Å²) in [6.45, 7) is 2.30. The van der Waals surface area contributed by atoms with Crippen LogP contribution in [0.3, 0.4) is 0 Å². The highest BCUT2D eigenvalue weighted by molar-refractivity contribution is 5.84. The fourth-order valence-electron chi connectivity index (χ4n) is 3.86. The Bertz CT molecular complexity index is 788. The number of aromatic nitrogens is 1. The molecule has 0 saturated heterocycles. The fourth-order valence-corrected chi connectivity index (χ4v) is 3.86. The van der Waals surface area contributed by atoms with Crippen LogP contribution in [0.5, 0.6) is 0 Å². The molecule has 3 aromatic rings. The van der Waals surface area contributed by atoms with Crippen molar-refractivity contribution in [2.45, 2.75) is 25.2 Å². The van der Waals surface area contributed by atoms with Gasteiger partial charge < -0.3 is 9.88 Å². The molecule has 1 aliphatic heterocycles. The first-order chi connectivity index (χ1) is 11.3. The van der Waals surface area contributed by atoms with Gasteiger partial charge in [-0.2, -0.15) is 0 Å². The Labute approximate surface area is 138 Å². The maximum absolute atomic E-state index is 3.71. The molecule has 0 aliphatic carbocycles. The number of rotatable bonds is 1. The van der Waals surface area contributed by atoms with E-state index in [0.29, 0.717) is 5.92 Å². The summed E-state index contributed by atoms with van der Waals surface area (Å²) in [5.74, 6) is 0.587. The van der Waals surface area contributed by atoms with Crippen LogP contribution in [0.25, 0.3) is 10.9 Å². The van der Waals surface area contributed by atoms with Crippen LogP contribution in [0.15, 0.2) is 54.6 Å². The maximum Gasteiger partial charge on any atom is 0.0458 e. The standard InChI is InChI=1S/C21H24N2/c1-23-13-11-17(16-7-3-2-4-8-16)15-21-19(12-14-23)18-9-5-6-10-20(18)22-21/h2-10,17,22H,11-15H2,1H3/t17-/m1/s1. The van der Waals surface area contributed by atoms with E-state index in [9.17, 15) is 0 Å². The first-order valence-electron chi connectivity index (χ1n) is 8.63. The van der Waals surface area contributed by atoms with E-state index in [1.54, 1.807) is 0 Å². The number of aromatic amines is 1. The Hall–Kier alpha value is -2.06. The summed E-state index contributed by atoms with van der Waals surface area (Å²) in [6.07, 6.45) is 3.47. The summed E-state index contributed by atoms with van der Waals surface area (Å²) in [6, 6.07) is 19.8. The van der Waals surface area contributed by atoms with E-state index >= 15 is 0 Å². The molecule has 0 bridgehead atoms. The Morgan fingerprint density at radius 2 is 1.74 bits per heavy atom. The molecule has 118 valence electrons. The lowest BCUT2D eigenvalue weighted by atomic mass is 9.90. The molecule has 23 heavy (non-hydrogen) atoms. The maximum atomic E-state index is 3.71. The van der Waals surface area contributed by atoms with Crippen LogP contribution in [0, 0.1) is 0 Å². The third-order valence-corrected chi connectivity index (χ3v) is 5.23. The fraction of sp³-hybridized carbons (Fsp3) is 0.333. The molecule has 1 N–H and O–H groups in total. The van der Waals surface area contributed by atoms with Crippen molar-refractivity contribution >= 4 is 10.9 Å². The number of nitrogens with zero attached hydrogens (tertiary/aromatic N) is 1. The Kier molecular flexibility index (Phi) is 3.92. The third kappa shape index (κ3) is 2.91. The summed E-state index contributed by atoms with van der Waals surface area (Å²) >= 11 is 0.